The number of aryl methyl sites for hydroxylation is 1. The summed E-state index contributed by atoms with van der Waals surface area (Å²) in [6.07, 6.45) is 7.54. The molecule has 0 aliphatic carbocycles. The van der Waals surface area contributed by atoms with Crippen LogP contribution in [-0.2, 0) is 11.3 Å². The molecule has 2 saturated heterocycles. The van der Waals surface area contributed by atoms with E-state index in [4.69, 9.17) is 9.72 Å². The highest BCUT2D eigenvalue weighted by Crippen LogP contribution is 2.27. The van der Waals surface area contributed by atoms with E-state index in [-0.39, 0.29) is 5.91 Å². The number of morpholine rings is 1. The van der Waals surface area contributed by atoms with Crippen LogP contribution < -0.4 is 0 Å². The van der Waals surface area contributed by atoms with Crippen molar-refractivity contribution >= 4 is 5.91 Å². The van der Waals surface area contributed by atoms with E-state index in [9.17, 15) is 4.79 Å². The molecule has 0 spiro atoms. The highest BCUT2D eigenvalue weighted by atomic mass is 16.5. The topological polar surface area (TPSA) is 71.5 Å². The minimum absolute atomic E-state index is 0.0126. The smallest absolute Gasteiger partial charge is 0.257 e. The standard InChI is InChI=1S/C21H27N5O2/c1-16-19(21(27)26-9-11-28-12-10-26)14-23-20(24-16)18-4-7-25(8-5-18)15-17-3-2-6-22-13-17/h2-3,6,13-14,18H,4-5,7-12,15H2,1H3. The monoisotopic (exact) mass is 381 g/mol. The Labute approximate surface area is 165 Å². The van der Waals surface area contributed by atoms with Gasteiger partial charge in [-0.1, -0.05) is 6.07 Å². The second kappa shape index (κ2) is 8.75. The average Bonchev–Trinajstić information content (AvgIpc) is 2.75. The molecule has 7 nitrogen and oxygen atoms in total. The zero-order valence-electron chi connectivity index (χ0n) is 16.4. The van der Waals surface area contributed by atoms with Crippen molar-refractivity contribution in [3.8, 4) is 0 Å². The number of carbonyl (C=O) groups excluding carboxylic acids is 1. The molecular weight excluding hydrogens is 354 g/mol. The molecule has 148 valence electrons. The molecule has 0 unspecified atom stereocenters. The predicted molar refractivity (Wildman–Crippen MR) is 105 cm³/mol. The Bertz CT molecular complexity index is 800. The quantitative estimate of drug-likeness (QED) is 0.807. The van der Waals surface area contributed by atoms with Crippen molar-refractivity contribution in [2.45, 2.75) is 32.2 Å². The van der Waals surface area contributed by atoms with Crippen molar-refractivity contribution < 1.29 is 9.53 Å². The normalized spacial score (nSPS) is 19.0. The summed E-state index contributed by atoms with van der Waals surface area (Å²) in [4.78, 5) is 30.5. The summed E-state index contributed by atoms with van der Waals surface area (Å²) < 4.78 is 5.33. The Morgan fingerprint density at radius 1 is 1.18 bits per heavy atom. The highest BCUT2D eigenvalue weighted by Gasteiger charge is 2.25. The number of ether oxygens (including phenoxy) is 1. The lowest BCUT2D eigenvalue weighted by atomic mass is 9.95. The molecular formula is C21H27N5O2. The van der Waals surface area contributed by atoms with Crippen LogP contribution in [0, 0.1) is 6.92 Å². The van der Waals surface area contributed by atoms with E-state index < -0.39 is 0 Å². The maximum atomic E-state index is 12.7. The Kier molecular flexibility index (Phi) is 5.92. The summed E-state index contributed by atoms with van der Waals surface area (Å²) in [6.45, 7) is 7.37. The highest BCUT2D eigenvalue weighted by molar-refractivity contribution is 5.95. The number of likely N-dealkylation sites (tertiary alicyclic amines) is 1. The molecule has 0 aromatic carbocycles. The van der Waals surface area contributed by atoms with E-state index in [1.165, 1.54) is 5.56 Å². The van der Waals surface area contributed by atoms with Crippen LogP contribution in [0.5, 0.6) is 0 Å². The molecule has 2 fully saturated rings. The van der Waals surface area contributed by atoms with Gasteiger partial charge in [-0.3, -0.25) is 14.7 Å². The van der Waals surface area contributed by atoms with Crippen molar-refractivity contribution in [2.24, 2.45) is 0 Å². The fraction of sp³-hybridized carbons (Fsp3) is 0.524. The van der Waals surface area contributed by atoms with Crippen LogP contribution in [-0.4, -0.2) is 70.1 Å². The number of amides is 1. The fourth-order valence-electron chi connectivity index (χ4n) is 3.93. The van der Waals surface area contributed by atoms with E-state index in [0.29, 0.717) is 37.8 Å². The second-order valence-corrected chi connectivity index (χ2v) is 7.54. The van der Waals surface area contributed by atoms with Crippen LogP contribution in [0.3, 0.4) is 0 Å². The van der Waals surface area contributed by atoms with Gasteiger partial charge in [0.2, 0.25) is 0 Å². The van der Waals surface area contributed by atoms with Crippen molar-refractivity contribution in [3.63, 3.8) is 0 Å². The number of nitrogens with zero attached hydrogens (tertiary/aromatic N) is 5. The Morgan fingerprint density at radius 3 is 2.64 bits per heavy atom. The third-order valence-corrected chi connectivity index (χ3v) is 5.61. The molecule has 2 aromatic heterocycles. The van der Waals surface area contributed by atoms with Gasteiger partial charge < -0.3 is 9.64 Å². The third kappa shape index (κ3) is 4.36. The van der Waals surface area contributed by atoms with Gasteiger partial charge in [0.25, 0.3) is 5.91 Å². The number of pyridine rings is 1. The first-order chi connectivity index (χ1) is 13.7. The summed E-state index contributed by atoms with van der Waals surface area (Å²) in [5.41, 5.74) is 2.64. The van der Waals surface area contributed by atoms with Crippen molar-refractivity contribution in [1.82, 2.24) is 24.8 Å². The van der Waals surface area contributed by atoms with Gasteiger partial charge in [-0.25, -0.2) is 9.97 Å². The molecule has 28 heavy (non-hydrogen) atoms. The third-order valence-electron chi connectivity index (χ3n) is 5.61. The summed E-state index contributed by atoms with van der Waals surface area (Å²) in [5.74, 6) is 1.24. The lowest BCUT2D eigenvalue weighted by Gasteiger charge is -2.31. The lowest BCUT2D eigenvalue weighted by molar-refractivity contribution is 0.0301. The van der Waals surface area contributed by atoms with Gasteiger partial charge in [0.05, 0.1) is 24.5 Å². The Balaban J connectivity index is 1.36. The summed E-state index contributed by atoms with van der Waals surface area (Å²) in [5, 5.41) is 0. The van der Waals surface area contributed by atoms with Crippen LogP contribution >= 0.6 is 0 Å². The minimum Gasteiger partial charge on any atom is -0.378 e. The van der Waals surface area contributed by atoms with Gasteiger partial charge in [-0.2, -0.15) is 0 Å². The van der Waals surface area contributed by atoms with Crippen molar-refractivity contribution in [1.29, 1.82) is 0 Å². The minimum atomic E-state index is 0.0126. The molecule has 0 N–H and O–H groups in total. The van der Waals surface area contributed by atoms with E-state index in [1.807, 2.05) is 30.3 Å². The van der Waals surface area contributed by atoms with E-state index in [2.05, 4.69) is 20.9 Å². The zero-order valence-corrected chi connectivity index (χ0v) is 16.4. The summed E-state index contributed by atoms with van der Waals surface area (Å²) >= 11 is 0. The molecule has 0 radical (unpaired) electrons. The number of hydrogen-bond donors (Lipinski definition) is 0. The average molecular weight is 381 g/mol. The Morgan fingerprint density at radius 2 is 1.96 bits per heavy atom. The first kappa shape index (κ1) is 19.0. The van der Waals surface area contributed by atoms with Gasteiger partial charge in [-0.15, -0.1) is 0 Å². The number of hydrogen-bond acceptors (Lipinski definition) is 6. The molecule has 1 amide bonds. The fourth-order valence-corrected chi connectivity index (χ4v) is 3.93. The molecule has 4 rings (SSSR count). The van der Waals surface area contributed by atoms with Crippen molar-refractivity contribution in [3.05, 3.63) is 53.4 Å². The largest absolute Gasteiger partial charge is 0.378 e. The molecule has 0 saturated carbocycles. The Hall–Kier alpha value is -2.38. The van der Waals surface area contributed by atoms with Gasteiger partial charge >= 0.3 is 0 Å². The number of piperidine rings is 1. The van der Waals surface area contributed by atoms with Crippen LogP contribution in [0.2, 0.25) is 0 Å². The number of rotatable bonds is 4. The van der Waals surface area contributed by atoms with Gasteiger partial charge in [0.1, 0.15) is 5.82 Å². The number of aromatic nitrogens is 3. The zero-order chi connectivity index (χ0) is 19.3. The van der Waals surface area contributed by atoms with Crippen LogP contribution in [0.1, 0.15) is 46.2 Å². The second-order valence-electron chi connectivity index (χ2n) is 7.54. The molecule has 2 aliphatic rings. The SMILES string of the molecule is Cc1nc(C2CCN(Cc3cccnc3)CC2)ncc1C(=O)N1CCOCC1. The molecule has 0 atom stereocenters. The maximum absolute atomic E-state index is 12.7. The first-order valence-electron chi connectivity index (χ1n) is 10.0. The van der Waals surface area contributed by atoms with Gasteiger partial charge in [0, 0.05) is 44.1 Å². The van der Waals surface area contributed by atoms with Crippen LogP contribution in [0.25, 0.3) is 0 Å². The maximum Gasteiger partial charge on any atom is 0.257 e. The molecule has 2 aliphatic heterocycles. The summed E-state index contributed by atoms with van der Waals surface area (Å²) in [7, 11) is 0. The van der Waals surface area contributed by atoms with E-state index >= 15 is 0 Å². The van der Waals surface area contributed by atoms with Gasteiger partial charge in [0.15, 0.2) is 0 Å². The molecule has 4 heterocycles. The predicted octanol–water partition coefficient (Wildman–Crippen LogP) is 2.03. The molecule has 0 bridgehead atoms. The van der Waals surface area contributed by atoms with E-state index in [1.54, 1.807) is 6.20 Å². The van der Waals surface area contributed by atoms with Crippen LogP contribution in [0.4, 0.5) is 0 Å². The van der Waals surface area contributed by atoms with E-state index in [0.717, 1.165) is 44.0 Å². The van der Waals surface area contributed by atoms with Crippen LogP contribution in [0.15, 0.2) is 30.7 Å². The van der Waals surface area contributed by atoms with Gasteiger partial charge in [-0.05, 0) is 44.5 Å². The molecule has 7 heteroatoms. The molecule has 2 aromatic rings. The first-order valence-corrected chi connectivity index (χ1v) is 10.0. The lowest BCUT2D eigenvalue weighted by Crippen LogP contribution is -2.41. The van der Waals surface area contributed by atoms with Crippen molar-refractivity contribution in [2.75, 3.05) is 39.4 Å². The summed E-state index contributed by atoms with van der Waals surface area (Å²) in [6, 6.07) is 4.11. The number of carbonyl (C=O) groups is 1.